The lowest BCUT2D eigenvalue weighted by atomic mass is 9.91. The largest absolute Gasteiger partial charge is 0.497 e. The van der Waals surface area contributed by atoms with E-state index in [0.29, 0.717) is 11.5 Å². The monoisotopic (exact) mass is 304 g/mol. The lowest BCUT2D eigenvalue weighted by molar-refractivity contribution is 0.127. The third kappa shape index (κ3) is 4.72. The molecule has 2 rings (SSSR count). The topological polar surface area (TPSA) is 15.7 Å². The Bertz CT molecular complexity index is 466. The molecule has 22 heavy (non-hydrogen) atoms. The van der Waals surface area contributed by atoms with Gasteiger partial charge in [-0.2, -0.15) is 0 Å². The first-order chi connectivity index (χ1) is 10.4. The van der Waals surface area contributed by atoms with Crippen LogP contribution in [0.3, 0.4) is 0 Å². The van der Waals surface area contributed by atoms with Crippen LogP contribution in [-0.2, 0) is 0 Å². The molecule has 0 bridgehead atoms. The number of ether oxygens (including phenoxy) is 1. The molecule has 1 saturated heterocycles. The minimum atomic E-state index is 0.312. The quantitative estimate of drug-likeness (QED) is 0.762. The van der Waals surface area contributed by atoms with Gasteiger partial charge in [0.1, 0.15) is 5.75 Å². The molecule has 0 N–H and O–H groups in total. The fraction of sp³-hybridized carbons (Fsp3) is 0.684. The first-order valence-corrected chi connectivity index (χ1v) is 8.48. The Morgan fingerprint density at radius 3 is 2.59 bits per heavy atom. The van der Waals surface area contributed by atoms with Crippen molar-refractivity contribution in [3.8, 4) is 5.75 Å². The molecule has 1 aliphatic rings. The van der Waals surface area contributed by atoms with E-state index < -0.39 is 0 Å². The van der Waals surface area contributed by atoms with E-state index in [9.17, 15) is 0 Å². The molecule has 0 radical (unpaired) electrons. The molecule has 1 aromatic rings. The molecule has 1 heterocycles. The van der Waals surface area contributed by atoms with Crippen LogP contribution < -0.4 is 4.74 Å². The summed E-state index contributed by atoms with van der Waals surface area (Å²) < 4.78 is 5.35. The van der Waals surface area contributed by atoms with Crippen molar-refractivity contribution >= 4 is 0 Å². The van der Waals surface area contributed by atoms with Crippen molar-refractivity contribution in [1.29, 1.82) is 0 Å². The van der Waals surface area contributed by atoms with Crippen LogP contribution in [0.4, 0.5) is 0 Å². The molecule has 124 valence electrons. The third-order valence-corrected chi connectivity index (χ3v) is 4.77. The highest BCUT2D eigenvalue weighted by atomic mass is 16.5. The summed E-state index contributed by atoms with van der Waals surface area (Å²) in [7, 11) is 3.96. The molecule has 0 spiro atoms. The SMILES string of the molecule is COc1cccc(C(C)N(C)CC(C)(C)CN2CCCC2)c1. The van der Waals surface area contributed by atoms with E-state index in [4.69, 9.17) is 4.74 Å². The second kappa shape index (κ2) is 7.47. The summed E-state index contributed by atoms with van der Waals surface area (Å²) >= 11 is 0. The van der Waals surface area contributed by atoms with Gasteiger partial charge >= 0.3 is 0 Å². The number of rotatable bonds is 7. The van der Waals surface area contributed by atoms with E-state index >= 15 is 0 Å². The number of nitrogens with zero attached hydrogens (tertiary/aromatic N) is 2. The second-order valence-corrected chi connectivity index (χ2v) is 7.52. The Labute approximate surface area is 136 Å². The van der Waals surface area contributed by atoms with Gasteiger partial charge in [0.15, 0.2) is 0 Å². The Hall–Kier alpha value is -1.06. The molecule has 1 aliphatic heterocycles. The molecule has 1 aromatic carbocycles. The van der Waals surface area contributed by atoms with Crippen LogP contribution >= 0.6 is 0 Å². The van der Waals surface area contributed by atoms with E-state index in [0.717, 1.165) is 12.3 Å². The van der Waals surface area contributed by atoms with Crippen molar-refractivity contribution in [2.24, 2.45) is 5.41 Å². The van der Waals surface area contributed by atoms with Gasteiger partial charge in [-0.3, -0.25) is 4.90 Å². The molecule has 0 saturated carbocycles. The van der Waals surface area contributed by atoms with Crippen molar-refractivity contribution in [2.75, 3.05) is 40.3 Å². The number of hydrogen-bond acceptors (Lipinski definition) is 3. The van der Waals surface area contributed by atoms with Gasteiger partial charge in [-0.15, -0.1) is 0 Å². The highest BCUT2D eigenvalue weighted by molar-refractivity contribution is 5.30. The molecular weight excluding hydrogens is 272 g/mol. The summed E-state index contributed by atoms with van der Waals surface area (Å²) in [6.07, 6.45) is 2.73. The maximum absolute atomic E-state index is 5.35. The van der Waals surface area contributed by atoms with Gasteiger partial charge in [-0.05, 0) is 63.0 Å². The molecule has 1 unspecified atom stereocenters. The Morgan fingerprint density at radius 1 is 1.27 bits per heavy atom. The van der Waals surface area contributed by atoms with Gasteiger partial charge in [0.05, 0.1) is 7.11 Å². The Balaban J connectivity index is 1.95. The predicted molar refractivity (Wildman–Crippen MR) is 93.5 cm³/mol. The van der Waals surface area contributed by atoms with Gasteiger partial charge < -0.3 is 9.64 Å². The zero-order chi connectivity index (χ0) is 16.2. The van der Waals surface area contributed by atoms with Crippen molar-refractivity contribution in [2.45, 2.75) is 39.7 Å². The summed E-state index contributed by atoms with van der Waals surface area (Å²) in [4.78, 5) is 5.08. The summed E-state index contributed by atoms with van der Waals surface area (Å²) in [6, 6.07) is 8.82. The lowest BCUT2D eigenvalue weighted by Crippen LogP contribution is -2.40. The molecule has 0 aromatic heterocycles. The predicted octanol–water partition coefficient (Wildman–Crippen LogP) is 3.81. The zero-order valence-corrected chi connectivity index (χ0v) is 14.9. The third-order valence-electron chi connectivity index (χ3n) is 4.77. The second-order valence-electron chi connectivity index (χ2n) is 7.52. The van der Waals surface area contributed by atoms with Crippen molar-refractivity contribution in [1.82, 2.24) is 9.80 Å². The molecule has 3 heteroatoms. The summed E-state index contributed by atoms with van der Waals surface area (Å²) in [5.74, 6) is 0.939. The maximum Gasteiger partial charge on any atom is 0.119 e. The van der Waals surface area contributed by atoms with Crippen molar-refractivity contribution in [3.63, 3.8) is 0 Å². The average Bonchev–Trinajstić information content (AvgIpc) is 2.98. The smallest absolute Gasteiger partial charge is 0.119 e. The van der Waals surface area contributed by atoms with Gasteiger partial charge in [0.25, 0.3) is 0 Å². The highest BCUT2D eigenvalue weighted by Crippen LogP contribution is 2.27. The lowest BCUT2D eigenvalue weighted by Gasteiger charge is -2.36. The number of methoxy groups -OCH3 is 1. The minimum absolute atomic E-state index is 0.312. The number of hydrogen-bond donors (Lipinski definition) is 0. The van der Waals surface area contributed by atoms with Gasteiger partial charge in [-0.1, -0.05) is 26.0 Å². The first-order valence-electron chi connectivity index (χ1n) is 8.48. The standard InChI is InChI=1S/C19H32N2O/c1-16(17-9-8-10-18(13-17)22-5)20(4)14-19(2,3)15-21-11-6-7-12-21/h8-10,13,16H,6-7,11-12,14-15H2,1-5H3. The molecule has 1 fully saturated rings. The van der Waals surface area contributed by atoms with E-state index in [1.165, 1.54) is 38.0 Å². The fourth-order valence-electron chi connectivity index (χ4n) is 3.56. The van der Waals surface area contributed by atoms with E-state index in [1.807, 2.05) is 6.07 Å². The fourth-order valence-corrected chi connectivity index (χ4v) is 3.56. The summed E-state index contributed by atoms with van der Waals surface area (Å²) in [5, 5.41) is 0. The Kier molecular flexibility index (Phi) is 5.87. The average molecular weight is 304 g/mol. The van der Waals surface area contributed by atoms with Crippen molar-refractivity contribution in [3.05, 3.63) is 29.8 Å². The molecule has 0 aliphatic carbocycles. The highest BCUT2D eigenvalue weighted by Gasteiger charge is 2.27. The first kappa shape index (κ1) is 17.3. The number of likely N-dealkylation sites (tertiary alicyclic amines) is 1. The van der Waals surface area contributed by atoms with Gasteiger partial charge in [0, 0.05) is 19.1 Å². The summed E-state index contributed by atoms with van der Waals surface area (Å²) in [6.45, 7) is 11.9. The zero-order valence-electron chi connectivity index (χ0n) is 14.9. The van der Waals surface area contributed by atoms with Gasteiger partial charge in [0.2, 0.25) is 0 Å². The van der Waals surface area contributed by atoms with Crippen LogP contribution in [0.15, 0.2) is 24.3 Å². The molecule has 3 nitrogen and oxygen atoms in total. The normalized spacial score (nSPS) is 17.9. The Morgan fingerprint density at radius 2 is 1.95 bits per heavy atom. The maximum atomic E-state index is 5.35. The van der Waals surface area contributed by atoms with Crippen molar-refractivity contribution < 1.29 is 4.74 Å². The van der Waals surface area contributed by atoms with Crippen LogP contribution in [0.5, 0.6) is 5.75 Å². The molecule has 0 amide bonds. The van der Waals surface area contributed by atoms with Crippen LogP contribution in [0.1, 0.15) is 45.2 Å². The van der Waals surface area contributed by atoms with Crippen LogP contribution in [0.2, 0.25) is 0 Å². The van der Waals surface area contributed by atoms with E-state index in [1.54, 1.807) is 7.11 Å². The summed E-state index contributed by atoms with van der Waals surface area (Å²) in [5.41, 5.74) is 1.63. The van der Waals surface area contributed by atoms with Crippen LogP contribution in [0.25, 0.3) is 0 Å². The van der Waals surface area contributed by atoms with Crippen LogP contribution in [0, 0.1) is 5.41 Å². The number of benzene rings is 1. The van der Waals surface area contributed by atoms with E-state index in [2.05, 4.69) is 55.8 Å². The van der Waals surface area contributed by atoms with Crippen LogP contribution in [-0.4, -0.2) is 50.1 Å². The van der Waals surface area contributed by atoms with Gasteiger partial charge in [-0.25, -0.2) is 0 Å². The van der Waals surface area contributed by atoms with E-state index in [-0.39, 0.29) is 0 Å². The molecule has 1 atom stereocenters. The minimum Gasteiger partial charge on any atom is -0.497 e. The molecular formula is C19H32N2O.